The lowest BCUT2D eigenvalue weighted by Gasteiger charge is -2.19. The highest BCUT2D eigenvalue weighted by Crippen LogP contribution is 2.27. The van der Waals surface area contributed by atoms with Crippen LogP contribution in [0.1, 0.15) is 17.5 Å². The number of hydrogen-bond acceptors (Lipinski definition) is 7. The molecule has 1 aliphatic rings. The minimum Gasteiger partial charge on any atom is -0.425 e. The van der Waals surface area contributed by atoms with Crippen molar-refractivity contribution >= 4 is 11.2 Å². The van der Waals surface area contributed by atoms with Crippen molar-refractivity contribution in [3.8, 4) is 0 Å². The highest BCUT2D eigenvalue weighted by molar-refractivity contribution is 5.68. The molecular formula is C25H27N5O4. The summed E-state index contributed by atoms with van der Waals surface area (Å²) in [5.74, 6) is 0. The predicted molar refractivity (Wildman–Crippen MR) is 123 cm³/mol. The lowest BCUT2D eigenvalue weighted by molar-refractivity contribution is -0.0726. The van der Waals surface area contributed by atoms with Crippen LogP contribution < -0.4 is 5.49 Å². The van der Waals surface area contributed by atoms with Crippen molar-refractivity contribution in [1.82, 2.24) is 19.3 Å². The van der Waals surface area contributed by atoms with E-state index in [9.17, 15) is 5.21 Å². The summed E-state index contributed by atoms with van der Waals surface area (Å²) >= 11 is 0. The normalized spacial score (nSPS) is 20.2. The van der Waals surface area contributed by atoms with Crippen LogP contribution in [0, 0.1) is 5.41 Å². The van der Waals surface area contributed by atoms with Crippen LogP contribution in [-0.2, 0) is 34.0 Å². The Morgan fingerprint density at radius 1 is 0.971 bits per heavy atom. The molecule has 4 aromatic rings. The van der Waals surface area contributed by atoms with Crippen molar-refractivity contribution < 1.29 is 19.4 Å². The van der Waals surface area contributed by atoms with E-state index in [1.807, 2.05) is 65.2 Å². The third kappa shape index (κ3) is 5.01. The number of ether oxygens (including phenoxy) is 3. The third-order valence-corrected chi connectivity index (χ3v) is 5.93. The Hall–Kier alpha value is -3.53. The molecule has 2 N–H and O–H groups in total. The van der Waals surface area contributed by atoms with Crippen molar-refractivity contribution in [2.75, 3.05) is 6.61 Å². The fourth-order valence-electron chi connectivity index (χ4n) is 4.19. The van der Waals surface area contributed by atoms with E-state index >= 15 is 0 Å². The van der Waals surface area contributed by atoms with E-state index in [1.165, 1.54) is 6.33 Å². The van der Waals surface area contributed by atoms with Gasteiger partial charge in [-0.05, 0) is 11.1 Å². The van der Waals surface area contributed by atoms with Gasteiger partial charge in [0.2, 0.25) is 0 Å². The van der Waals surface area contributed by atoms with Crippen LogP contribution in [0.2, 0.25) is 0 Å². The van der Waals surface area contributed by atoms with Crippen molar-refractivity contribution in [3.63, 3.8) is 0 Å². The first-order valence-corrected chi connectivity index (χ1v) is 11.3. The fraction of sp³-hybridized carbons (Fsp3) is 0.320. The first-order valence-electron chi connectivity index (χ1n) is 11.3. The van der Waals surface area contributed by atoms with Gasteiger partial charge < -0.3 is 24.0 Å². The third-order valence-electron chi connectivity index (χ3n) is 5.93. The average molecular weight is 462 g/mol. The lowest BCUT2D eigenvalue weighted by atomic mass is 10.1. The molecule has 176 valence electrons. The Labute approximate surface area is 196 Å². The molecule has 3 heterocycles. The zero-order chi connectivity index (χ0) is 23.3. The van der Waals surface area contributed by atoms with E-state index in [-0.39, 0.29) is 23.8 Å². The van der Waals surface area contributed by atoms with Gasteiger partial charge in [-0.15, -0.1) is 0 Å². The van der Waals surface area contributed by atoms with Crippen LogP contribution in [0.3, 0.4) is 0 Å². The van der Waals surface area contributed by atoms with Gasteiger partial charge >= 0.3 is 0 Å². The van der Waals surface area contributed by atoms with Crippen molar-refractivity contribution in [2.45, 2.75) is 44.5 Å². The van der Waals surface area contributed by atoms with Gasteiger partial charge in [0.15, 0.2) is 16.7 Å². The fourth-order valence-corrected chi connectivity index (χ4v) is 4.19. The van der Waals surface area contributed by atoms with Gasteiger partial charge in [-0.3, -0.25) is 5.41 Å². The van der Waals surface area contributed by atoms with Gasteiger partial charge in [-0.2, -0.15) is 4.73 Å². The molecule has 0 spiro atoms. The number of rotatable bonds is 9. The molecule has 3 atom stereocenters. The van der Waals surface area contributed by atoms with Crippen molar-refractivity contribution in [2.24, 2.45) is 0 Å². The number of nitrogens with one attached hydrogen (secondary N) is 1. The zero-order valence-corrected chi connectivity index (χ0v) is 18.7. The maximum atomic E-state index is 9.66. The maximum Gasteiger partial charge on any atom is 0.192 e. The van der Waals surface area contributed by atoms with E-state index in [1.54, 1.807) is 6.33 Å². The van der Waals surface area contributed by atoms with E-state index in [4.69, 9.17) is 19.6 Å². The molecule has 1 aliphatic heterocycles. The summed E-state index contributed by atoms with van der Waals surface area (Å²) in [5.41, 5.74) is 2.99. The summed E-state index contributed by atoms with van der Waals surface area (Å²) < 4.78 is 21.1. The highest BCUT2D eigenvalue weighted by Gasteiger charge is 2.36. The van der Waals surface area contributed by atoms with Gasteiger partial charge in [0.1, 0.15) is 12.4 Å². The highest BCUT2D eigenvalue weighted by atomic mass is 16.6. The molecule has 9 heteroatoms. The Bertz CT molecular complexity index is 1270. The number of benzene rings is 2. The van der Waals surface area contributed by atoms with Crippen molar-refractivity contribution in [3.05, 3.63) is 89.9 Å². The van der Waals surface area contributed by atoms with Gasteiger partial charge in [-0.25, -0.2) is 9.97 Å². The van der Waals surface area contributed by atoms with E-state index in [0.717, 1.165) is 11.1 Å². The second kappa shape index (κ2) is 10.2. The summed E-state index contributed by atoms with van der Waals surface area (Å²) in [7, 11) is 0. The standard InChI is InChI=1S/C25H27N5O4/c26-24-23-25(28-17-30(24)31)29(16-27-23)12-20-11-21(33-14-19-9-5-2-6-10-19)22(34-20)15-32-13-18-7-3-1-4-8-18/h1-10,16-17,20-22,26,31H,11-15H2/t20-,21+,22-/m1/s1. The van der Waals surface area contributed by atoms with E-state index in [0.29, 0.717) is 48.7 Å². The first kappa shape index (κ1) is 22.3. The number of fused-ring (bicyclic) bond motifs is 1. The number of aromatic nitrogens is 4. The van der Waals surface area contributed by atoms with Gasteiger partial charge in [0, 0.05) is 6.42 Å². The van der Waals surface area contributed by atoms with Crippen LogP contribution >= 0.6 is 0 Å². The Morgan fingerprint density at radius 3 is 2.41 bits per heavy atom. The van der Waals surface area contributed by atoms with Crippen molar-refractivity contribution in [1.29, 1.82) is 5.41 Å². The minimum absolute atomic E-state index is 0.104. The van der Waals surface area contributed by atoms with Gasteiger partial charge in [0.25, 0.3) is 0 Å². The van der Waals surface area contributed by atoms with Crippen LogP contribution in [0.5, 0.6) is 0 Å². The molecule has 0 aliphatic carbocycles. The molecule has 9 nitrogen and oxygen atoms in total. The predicted octanol–water partition coefficient (Wildman–Crippen LogP) is 2.91. The largest absolute Gasteiger partial charge is 0.425 e. The molecule has 2 aromatic heterocycles. The quantitative estimate of drug-likeness (QED) is 0.371. The topological polar surface area (TPSA) is 107 Å². The first-order chi connectivity index (χ1) is 16.7. The molecule has 0 amide bonds. The molecule has 34 heavy (non-hydrogen) atoms. The summed E-state index contributed by atoms with van der Waals surface area (Å²) in [6.07, 6.45) is 3.08. The molecule has 0 unspecified atom stereocenters. The average Bonchev–Trinajstić information content (AvgIpc) is 3.45. The minimum atomic E-state index is -0.202. The Morgan fingerprint density at radius 2 is 1.68 bits per heavy atom. The van der Waals surface area contributed by atoms with Crippen LogP contribution in [-0.4, -0.2) is 49.4 Å². The molecule has 1 fully saturated rings. The SMILES string of the molecule is N=c1c2ncn(C[C@H]3C[C@H](OCc4ccccc4)[C@@H](COCc4ccccc4)O3)c2ncn1O. The Kier molecular flexibility index (Phi) is 6.66. The molecule has 0 bridgehead atoms. The van der Waals surface area contributed by atoms with Gasteiger partial charge in [0.05, 0.1) is 44.9 Å². The molecule has 1 saturated heterocycles. The van der Waals surface area contributed by atoms with Crippen LogP contribution in [0.4, 0.5) is 0 Å². The second-order valence-corrected chi connectivity index (χ2v) is 8.37. The lowest BCUT2D eigenvalue weighted by Crippen LogP contribution is -2.29. The molecule has 5 rings (SSSR count). The number of imidazole rings is 1. The monoisotopic (exact) mass is 461 g/mol. The summed E-state index contributed by atoms with van der Waals surface area (Å²) in [6.45, 7) is 1.96. The molecule has 2 aromatic carbocycles. The van der Waals surface area contributed by atoms with E-state index in [2.05, 4.69) is 9.97 Å². The van der Waals surface area contributed by atoms with Crippen LogP contribution in [0.25, 0.3) is 11.2 Å². The van der Waals surface area contributed by atoms with Gasteiger partial charge in [-0.1, -0.05) is 60.7 Å². The summed E-state index contributed by atoms with van der Waals surface area (Å²) in [4.78, 5) is 8.46. The Balaban J connectivity index is 1.26. The smallest absolute Gasteiger partial charge is 0.192 e. The molecule has 0 saturated carbocycles. The van der Waals surface area contributed by atoms with E-state index < -0.39 is 0 Å². The molecule has 0 radical (unpaired) electrons. The summed E-state index contributed by atoms with van der Waals surface area (Å²) in [6, 6.07) is 20.1. The van der Waals surface area contributed by atoms with Crippen LogP contribution in [0.15, 0.2) is 73.3 Å². The second-order valence-electron chi connectivity index (χ2n) is 8.37. The zero-order valence-electron chi connectivity index (χ0n) is 18.7. The number of hydrogen-bond donors (Lipinski definition) is 2. The summed E-state index contributed by atoms with van der Waals surface area (Å²) in [5, 5.41) is 17.6. The number of nitrogens with zero attached hydrogens (tertiary/aromatic N) is 4. The maximum absolute atomic E-state index is 9.66. The molecular weight excluding hydrogens is 434 g/mol.